The van der Waals surface area contributed by atoms with E-state index in [1.807, 2.05) is 11.3 Å². The third-order valence-electron chi connectivity index (χ3n) is 3.46. The molecule has 0 bridgehead atoms. The maximum atomic E-state index is 5.43. The predicted octanol–water partition coefficient (Wildman–Crippen LogP) is 2.59. The minimum Gasteiger partial charge on any atom is -0.370 e. The van der Waals surface area contributed by atoms with Crippen molar-refractivity contribution >= 4 is 27.3 Å². The molecule has 0 saturated carbocycles. The average Bonchev–Trinajstić information content (AvgIpc) is 2.82. The predicted molar refractivity (Wildman–Crippen MR) is 82.7 cm³/mol. The molecule has 1 aromatic carbocycles. The third-order valence-corrected chi connectivity index (χ3v) is 5.18. The highest BCUT2D eigenvalue weighted by Crippen LogP contribution is 2.35. The first kappa shape index (κ1) is 13.3. The molecule has 0 unspecified atom stereocenters. The van der Waals surface area contributed by atoms with E-state index in [0.29, 0.717) is 0 Å². The van der Waals surface area contributed by atoms with Gasteiger partial charge >= 0.3 is 0 Å². The third kappa shape index (κ3) is 3.26. The molecule has 4 heteroatoms. The van der Waals surface area contributed by atoms with E-state index < -0.39 is 0 Å². The van der Waals surface area contributed by atoms with Crippen molar-refractivity contribution in [2.75, 3.05) is 26.3 Å². The van der Waals surface area contributed by atoms with Gasteiger partial charge in [0.05, 0.1) is 17.0 Å². The Morgan fingerprint density at radius 1 is 1.16 bits per heavy atom. The molecule has 2 nitrogen and oxygen atoms in total. The Kier molecular flexibility index (Phi) is 4.33. The number of halogens is 1. The molecule has 3 rings (SSSR count). The van der Waals surface area contributed by atoms with E-state index in [-0.39, 0.29) is 0 Å². The van der Waals surface area contributed by atoms with Crippen LogP contribution in [0.15, 0.2) is 40.2 Å². The highest BCUT2D eigenvalue weighted by molar-refractivity contribution is 9.11. The number of morpholine rings is 1. The van der Waals surface area contributed by atoms with Crippen molar-refractivity contribution in [3.63, 3.8) is 0 Å². The molecule has 0 aliphatic carbocycles. The van der Waals surface area contributed by atoms with Crippen LogP contribution >= 0.6 is 27.3 Å². The van der Waals surface area contributed by atoms with Crippen LogP contribution in [0.5, 0.6) is 0 Å². The fourth-order valence-electron chi connectivity index (χ4n) is 2.47. The molecule has 0 amide bonds. The second-order valence-corrected chi connectivity index (χ2v) is 7.24. The Morgan fingerprint density at radius 3 is 2.63 bits per heavy atom. The standard InChI is InChI=1S/C15H16BrNOS/c16-14-10-13(11-17-6-8-18-9-7-17)15(19-14)12-4-2-1-3-5-12/h1-5,10H,6-9,11H2/p+1. The second-order valence-electron chi connectivity index (χ2n) is 4.81. The summed E-state index contributed by atoms with van der Waals surface area (Å²) >= 11 is 5.46. The highest BCUT2D eigenvalue weighted by atomic mass is 79.9. The number of thiophene rings is 1. The van der Waals surface area contributed by atoms with Crippen LogP contribution in [-0.2, 0) is 11.3 Å². The lowest BCUT2D eigenvalue weighted by molar-refractivity contribution is -0.921. The molecular formula is C15H17BrNOS+. The molecular weight excluding hydrogens is 322 g/mol. The van der Waals surface area contributed by atoms with Crippen molar-refractivity contribution in [2.45, 2.75) is 6.54 Å². The van der Waals surface area contributed by atoms with E-state index in [1.54, 1.807) is 4.90 Å². The van der Waals surface area contributed by atoms with Gasteiger partial charge in [0, 0.05) is 10.4 Å². The molecule has 1 saturated heterocycles. The summed E-state index contributed by atoms with van der Waals surface area (Å²) in [6.45, 7) is 5.10. The lowest BCUT2D eigenvalue weighted by Gasteiger charge is -2.23. The quantitative estimate of drug-likeness (QED) is 0.908. The summed E-state index contributed by atoms with van der Waals surface area (Å²) in [6, 6.07) is 12.9. The van der Waals surface area contributed by atoms with Crippen molar-refractivity contribution in [3.8, 4) is 10.4 Å². The van der Waals surface area contributed by atoms with Gasteiger partial charge in [0.25, 0.3) is 0 Å². The minimum atomic E-state index is 0.890. The Balaban J connectivity index is 1.85. The average molecular weight is 339 g/mol. The molecule has 19 heavy (non-hydrogen) atoms. The highest BCUT2D eigenvalue weighted by Gasteiger charge is 2.18. The van der Waals surface area contributed by atoms with E-state index in [0.717, 1.165) is 32.8 Å². The summed E-state index contributed by atoms with van der Waals surface area (Å²) in [5, 5.41) is 0. The first-order valence-corrected chi connectivity index (χ1v) is 8.19. The van der Waals surface area contributed by atoms with Crippen LogP contribution in [0.2, 0.25) is 0 Å². The zero-order chi connectivity index (χ0) is 13.1. The Hall–Kier alpha value is -0.680. The van der Waals surface area contributed by atoms with Crippen molar-refractivity contribution < 1.29 is 9.64 Å². The lowest BCUT2D eigenvalue weighted by atomic mass is 10.1. The molecule has 0 spiro atoms. The number of rotatable bonds is 3. The van der Waals surface area contributed by atoms with Crippen molar-refractivity contribution in [2.24, 2.45) is 0 Å². The maximum absolute atomic E-state index is 5.43. The molecule has 2 aromatic rings. The number of nitrogens with one attached hydrogen (secondary N) is 1. The van der Waals surface area contributed by atoms with Gasteiger partial charge in [0.15, 0.2) is 0 Å². The van der Waals surface area contributed by atoms with Crippen molar-refractivity contribution in [1.82, 2.24) is 0 Å². The lowest BCUT2D eigenvalue weighted by Crippen LogP contribution is -3.12. The topological polar surface area (TPSA) is 13.7 Å². The van der Waals surface area contributed by atoms with Gasteiger partial charge in [-0.3, -0.25) is 0 Å². The van der Waals surface area contributed by atoms with Crippen LogP contribution in [0.4, 0.5) is 0 Å². The molecule has 1 aromatic heterocycles. The summed E-state index contributed by atoms with van der Waals surface area (Å²) in [6.07, 6.45) is 0. The summed E-state index contributed by atoms with van der Waals surface area (Å²) in [5.74, 6) is 0. The van der Waals surface area contributed by atoms with Gasteiger partial charge in [-0.2, -0.15) is 0 Å². The van der Waals surface area contributed by atoms with E-state index in [4.69, 9.17) is 4.74 Å². The van der Waals surface area contributed by atoms with E-state index >= 15 is 0 Å². The molecule has 1 N–H and O–H groups in total. The molecule has 100 valence electrons. The van der Waals surface area contributed by atoms with Gasteiger partial charge in [-0.25, -0.2) is 0 Å². The van der Waals surface area contributed by atoms with Gasteiger partial charge in [0.2, 0.25) is 0 Å². The number of quaternary nitrogens is 1. The number of benzene rings is 1. The monoisotopic (exact) mass is 338 g/mol. The first-order chi connectivity index (χ1) is 9.33. The van der Waals surface area contributed by atoms with E-state index in [2.05, 4.69) is 52.3 Å². The fourth-order valence-corrected chi connectivity index (χ4v) is 4.14. The smallest absolute Gasteiger partial charge is 0.104 e. The summed E-state index contributed by atoms with van der Waals surface area (Å²) in [7, 11) is 0. The van der Waals surface area contributed by atoms with Crippen molar-refractivity contribution in [3.05, 3.63) is 45.7 Å². The van der Waals surface area contributed by atoms with Crippen LogP contribution in [0.25, 0.3) is 10.4 Å². The Bertz CT molecular complexity index is 534. The van der Waals surface area contributed by atoms with Crippen molar-refractivity contribution in [1.29, 1.82) is 0 Å². The van der Waals surface area contributed by atoms with Crippen LogP contribution in [-0.4, -0.2) is 26.3 Å². The number of hydrogen-bond donors (Lipinski definition) is 1. The Morgan fingerprint density at radius 2 is 1.89 bits per heavy atom. The SMILES string of the molecule is Brc1cc(C[NH+]2CCOCC2)c(-c2ccccc2)s1. The Labute approximate surface area is 126 Å². The normalized spacial score (nSPS) is 16.7. The largest absolute Gasteiger partial charge is 0.370 e. The van der Waals surface area contributed by atoms with E-state index in [1.165, 1.54) is 19.8 Å². The zero-order valence-electron chi connectivity index (χ0n) is 10.7. The van der Waals surface area contributed by atoms with Crippen LogP contribution < -0.4 is 4.90 Å². The summed E-state index contributed by atoms with van der Waals surface area (Å²) in [5.41, 5.74) is 2.76. The molecule has 0 radical (unpaired) electrons. The van der Waals surface area contributed by atoms with Gasteiger partial charge < -0.3 is 9.64 Å². The number of hydrogen-bond acceptors (Lipinski definition) is 2. The minimum absolute atomic E-state index is 0.890. The van der Waals surface area contributed by atoms with Gasteiger partial charge in [-0.05, 0) is 27.6 Å². The first-order valence-electron chi connectivity index (χ1n) is 6.58. The van der Waals surface area contributed by atoms with E-state index in [9.17, 15) is 0 Å². The van der Waals surface area contributed by atoms with Gasteiger partial charge in [-0.1, -0.05) is 30.3 Å². The summed E-state index contributed by atoms with van der Waals surface area (Å²) < 4.78 is 6.65. The molecule has 0 atom stereocenters. The summed E-state index contributed by atoms with van der Waals surface area (Å²) in [4.78, 5) is 3.01. The van der Waals surface area contributed by atoms with Crippen LogP contribution in [0.1, 0.15) is 5.56 Å². The zero-order valence-corrected chi connectivity index (χ0v) is 13.1. The molecule has 1 aliphatic rings. The molecule has 1 aliphatic heterocycles. The van der Waals surface area contributed by atoms with Crippen LogP contribution in [0, 0.1) is 0 Å². The van der Waals surface area contributed by atoms with Crippen LogP contribution in [0.3, 0.4) is 0 Å². The van der Waals surface area contributed by atoms with Gasteiger partial charge in [0.1, 0.15) is 19.6 Å². The second kappa shape index (κ2) is 6.18. The maximum Gasteiger partial charge on any atom is 0.104 e. The molecule has 1 fully saturated rings. The number of ether oxygens (including phenoxy) is 1. The fraction of sp³-hybridized carbons (Fsp3) is 0.333. The van der Waals surface area contributed by atoms with Gasteiger partial charge in [-0.15, -0.1) is 11.3 Å². The molecule has 2 heterocycles.